The van der Waals surface area contributed by atoms with Gasteiger partial charge in [0.25, 0.3) is 11.8 Å². The summed E-state index contributed by atoms with van der Waals surface area (Å²) in [6.45, 7) is 3.84. The summed E-state index contributed by atoms with van der Waals surface area (Å²) in [5, 5.41) is 2.93. The van der Waals surface area contributed by atoms with Crippen LogP contribution in [0.4, 0.5) is 0 Å². The predicted molar refractivity (Wildman–Crippen MR) is 93.6 cm³/mol. The third-order valence-electron chi connectivity index (χ3n) is 4.76. The average molecular weight is 346 g/mol. The first kappa shape index (κ1) is 17.7. The number of amides is 2. The van der Waals surface area contributed by atoms with Crippen molar-refractivity contribution < 1.29 is 19.1 Å². The van der Waals surface area contributed by atoms with E-state index in [2.05, 4.69) is 5.32 Å². The van der Waals surface area contributed by atoms with Gasteiger partial charge in [-0.3, -0.25) is 9.59 Å². The Labute approximate surface area is 148 Å². The van der Waals surface area contributed by atoms with Gasteiger partial charge in [-0.25, -0.2) is 0 Å². The molecule has 6 heteroatoms. The van der Waals surface area contributed by atoms with Crippen molar-refractivity contribution in [3.8, 4) is 5.75 Å². The molecule has 2 fully saturated rings. The lowest BCUT2D eigenvalue weighted by Crippen LogP contribution is -2.38. The molecule has 1 aromatic carbocycles. The SMILES string of the molecule is O=C(NCC1CCOC1)c1ccc(OCC(=O)N2CCCCC2)cc1. The topological polar surface area (TPSA) is 67.9 Å². The molecule has 0 aliphatic carbocycles. The first-order valence-electron chi connectivity index (χ1n) is 9.09. The number of rotatable bonds is 6. The minimum atomic E-state index is -0.0946. The van der Waals surface area contributed by atoms with Gasteiger partial charge >= 0.3 is 0 Å². The summed E-state index contributed by atoms with van der Waals surface area (Å²) in [4.78, 5) is 26.1. The Kier molecular flexibility index (Phi) is 6.28. The van der Waals surface area contributed by atoms with Gasteiger partial charge in [0.1, 0.15) is 5.75 Å². The number of carbonyl (C=O) groups excluding carboxylic acids is 2. The van der Waals surface area contributed by atoms with Gasteiger partial charge in [0.2, 0.25) is 0 Å². The van der Waals surface area contributed by atoms with Crippen molar-refractivity contribution in [2.45, 2.75) is 25.7 Å². The number of benzene rings is 1. The maximum atomic E-state index is 12.1. The van der Waals surface area contributed by atoms with Gasteiger partial charge in [0, 0.05) is 37.7 Å². The number of likely N-dealkylation sites (tertiary alicyclic amines) is 1. The highest BCUT2D eigenvalue weighted by Crippen LogP contribution is 2.15. The van der Waals surface area contributed by atoms with Crippen molar-refractivity contribution in [2.75, 3.05) is 39.5 Å². The van der Waals surface area contributed by atoms with Gasteiger partial charge < -0.3 is 19.7 Å². The van der Waals surface area contributed by atoms with E-state index < -0.39 is 0 Å². The van der Waals surface area contributed by atoms with Gasteiger partial charge in [0.05, 0.1) is 6.61 Å². The molecular weight excluding hydrogens is 320 g/mol. The van der Waals surface area contributed by atoms with Crippen LogP contribution in [0.25, 0.3) is 0 Å². The van der Waals surface area contributed by atoms with Crippen LogP contribution in [0, 0.1) is 5.92 Å². The fraction of sp³-hybridized carbons (Fsp3) is 0.579. The third-order valence-corrected chi connectivity index (χ3v) is 4.76. The molecule has 3 rings (SSSR count). The van der Waals surface area contributed by atoms with Gasteiger partial charge in [0.15, 0.2) is 6.61 Å². The molecule has 1 N–H and O–H groups in total. The zero-order valence-corrected chi connectivity index (χ0v) is 14.5. The van der Waals surface area contributed by atoms with E-state index in [1.54, 1.807) is 24.3 Å². The molecule has 0 radical (unpaired) electrons. The predicted octanol–water partition coefficient (Wildman–Crippen LogP) is 1.84. The summed E-state index contributed by atoms with van der Waals surface area (Å²) < 4.78 is 10.9. The summed E-state index contributed by atoms with van der Waals surface area (Å²) in [6.07, 6.45) is 4.34. The van der Waals surface area contributed by atoms with E-state index in [9.17, 15) is 9.59 Å². The molecule has 0 saturated carbocycles. The zero-order valence-electron chi connectivity index (χ0n) is 14.5. The highest BCUT2D eigenvalue weighted by molar-refractivity contribution is 5.94. The molecule has 0 bridgehead atoms. The molecule has 1 aromatic rings. The Bertz CT molecular complexity index is 576. The Morgan fingerprint density at radius 3 is 2.60 bits per heavy atom. The molecule has 2 aliphatic heterocycles. The Morgan fingerprint density at radius 2 is 1.92 bits per heavy atom. The maximum Gasteiger partial charge on any atom is 0.260 e. The molecule has 136 valence electrons. The summed E-state index contributed by atoms with van der Waals surface area (Å²) in [5.41, 5.74) is 0.591. The fourth-order valence-corrected chi connectivity index (χ4v) is 3.17. The highest BCUT2D eigenvalue weighted by atomic mass is 16.5. The van der Waals surface area contributed by atoms with Crippen molar-refractivity contribution in [3.63, 3.8) is 0 Å². The molecule has 2 heterocycles. The number of ether oxygens (including phenoxy) is 2. The first-order valence-corrected chi connectivity index (χ1v) is 9.09. The number of piperidine rings is 1. The molecule has 6 nitrogen and oxygen atoms in total. The summed E-state index contributed by atoms with van der Waals surface area (Å²) in [5.74, 6) is 0.946. The second-order valence-electron chi connectivity index (χ2n) is 6.69. The second-order valence-corrected chi connectivity index (χ2v) is 6.69. The lowest BCUT2D eigenvalue weighted by atomic mass is 10.1. The third kappa shape index (κ3) is 5.19. The second kappa shape index (κ2) is 8.85. The van der Waals surface area contributed by atoms with E-state index >= 15 is 0 Å². The fourth-order valence-electron chi connectivity index (χ4n) is 3.17. The quantitative estimate of drug-likeness (QED) is 0.853. The maximum absolute atomic E-state index is 12.1. The molecule has 25 heavy (non-hydrogen) atoms. The normalized spacial score (nSPS) is 20.3. The van der Waals surface area contributed by atoms with Crippen LogP contribution >= 0.6 is 0 Å². The van der Waals surface area contributed by atoms with E-state index in [-0.39, 0.29) is 18.4 Å². The Hall–Kier alpha value is -2.08. The lowest BCUT2D eigenvalue weighted by Gasteiger charge is -2.26. The van der Waals surface area contributed by atoms with E-state index in [1.165, 1.54) is 6.42 Å². The monoisotopic (exact) mass is 346 g/mol. The number of hydrogen-bond donors (Lipinski definition) is 1. The average Bonchev–Trinajstić information content (AvgIpc) is 3.19. The smallest absolute Gasteiger partial charge is 0.260 e. The summed E-state index contributed by atoms with van der Waals surface area (Å²) in [6, 6.07) is 6.91. The van der Waals surface area contributed by atoms with Crippen molar-refractivity contribution >= 4 is 11.8 Å². The minimum Gasteiger partial charge on any atom is -0.484 e. The largest absolute Gasteiger partial charge is 0.484 e. The van der Waals surface area contributed by atoms with Crippen LogP contribution in [-0.2, 0) is 9.53 Å². The number of nitrogens with zero attached hydrogens (tertiary/aromatic N) is 1. The molecule has 0 spiro atoms. The number of nitrogens with one attached hydrogen (secondary N) is 1. The van der Waals surface area contributed by atoms with Gasteiger partial charge in [-0.1, -0.05) is 0 Å². The van der Waals surface area contributed by atoms with Crippen molar-refractivity contribution in [1.82, 2.24) is 10.2 Å². The molecule has 1 unspecified atom stereocenters. The Morgan fingerprint density at radius 1 is 1.16 bits per heavy atom. The molecule has 2 amide bonds. The van der Waals surface area contributed by atoms with Crippen LogP contribution in [0.1, 0.15) is 36.0 Å². The first-order chi connectivity index (χ1) is 12.2. The standard InChI is InChI=1S/C19H26N2O4/c22-18(21-9-2-1-3-10-21)14-25-17-6-4-16(5-7-17)19(23)20-12-15-8-11-24-13-15/h4-7,15H,1-3,8-14H2,(H,20,23). The van der Waals surface area contributed by atoms with Crippen LogP contribution in [0.3, 0.4) is 0 Å². The van der Waals surface area contributed by atoms with Gasteiger partial charge in [-0.2, -0.15) is 0 Å². The van der Waals surface area contributed by atoms with Gasteiger partial charge in [-0.15, -0.1) is 0 Å². The van der Waals surface area contributed by atoms with Crippen molar-refractivity contribution in [2.24, 2.45) is 5.92 Å². The molecule has 2 aliphatic rings. The minimum absolute atomic E-state index is 0.0281. The van der Waals surface area contributed by atoms with Crippen LogP contribution in [0.5, 0.6) is 5.75 Å². The van der Waals surface area contributed by atoms with E-state index in [0.29, 0.717) is 23.8 Å². The molecule has 2 saturated heterocycles. The summed E-state index contributed by atoms with van der Waals surface area (Å²) in [7, 11) is 0. The number of carbonyl (C=O) groups is 2. The van der Waals surface area contributed by atoms with Crippen molar-refractivity contribution in [1.29, 1.82) is 0 Å². The Balaban J connectivity index is 1.43. The lowest BCUT2D eigenvalue weighted by molar-refractivity contribution is -0.134. The molecular formula is C19H26N2O4. The van der Waals surface area contributed by atoms with Gasteiger partial charge in [-0.05, 0) is 49.9 Å². The summed E-state index contributed by atoms with van der Waals surface area (Å²) >= 11 is 0. The number of hydrogen-bond acceptors (Lipinski definition) is 4. The van der Waals surface area contributed by atoms with Crippen LogP contribution in [-0.4, -0.2) is 56.2 Å². The zero-order chi connectivity index (χ0) is 17.5. The molecule has 1 atom stereocenters. The van der Waals surface area contributed by atoms with Crippen LogP contribution < -0.4 is 10.1 Å². The van der Waals surface area contributed by atoms with Crippen LogP contribution in [0.2, 0.25) is 0 Å². The molecule has 0 aromatic heterocycles. The van der Waals surface area contributed by atoms with Crippen molar-refractivity contribution in [3.05, 3.63) is 29.8 Å². The van der Waals surface area contributed by atoms with E-state index in [4.69, 9.17) is 9.47 Å². The highest BCUT2D eigenvalue weighted by Gasteiger charge is 2.18. The van der Waals surface area contributed by atoms with E-state index in [0.717, 1.165) is 45.6 Å². The van der Waals surface area contributed by atoms with E-state index in [1.807, 2.05) is 4.90 Å². The van der Waals surface area contributed by atoms with Crippen LogP contribution in [0.15, 0.2) is 24.3 Å².